The molecule has 1 unspecified atom stereocenters. The van der Waals surface area contributed by atoms with Gasteiger partial charge in [0, 0.05) is 18.3 Å². The van der Waals surface area contributed by atoms with Crippen molar-refractivity contribution >= 4 is 5.97 Å². The van der Waals surface area contributed by atoms with E-state index in [9.17, 15) is 4.79 Å². The van der Waals surface area contributed by atoms with Gasteiger partial charge in [0.2, 0.25) is 0 Å². The van der Waals surface area contributed by atoms with Crippen molar-refractivity contribution in [3.63, 3.8) is 0 Å². The fraction of sp³-hybridized carbons (Fsp3) is 0.600. The second-order valence-corrected chi connectivity index (χ2v) is 3.90. The number of nitrogens with zero attached hydrogens (tertiary/aromatic N) is 1. The molecule has 0 amide bonds. The lowest BCUT2D eigenvalue weighted by Crippen LogP contribution is -2.10. The van der Waals surface area contributed by atoms with E-state index >= 15 is 0 Å². The van der Waals surface area contributed by atoms with Gasteiger partial charge in [-0.25, -0.2) is 4.98 Å². The van der Waals surface area contributed by atoms with E-state index in [1.165, 1.54) is 0 Å². The number of nitrogens with one attached hydrogen (secondary N) is 1. The molecule has 1 heterocycles. The van der Waals surface area contributed by atoms with Crippen molar-refractivity contribution in [2.75, 3.05) is 0 Å². The van der Waals surface area contributed by atoms with Crippen molar-refractivity contribution in [1.82, 2.24) is 9.97 Å². The highest BCUT2D eigenvalue weighted by Crippen LogP contribution is 2.24. The van der Waals surface area contributed by atoms with Gasteiger partial charge in [-0.1, -0.05) is 13.8 Å². The molecular formula is C10H16N2O2. The van der Waals surface area contributed by atoms with E-state index < -0.39 is 5.97 Å². The first-order valence-electron chi connectivity index (χ1n) is 4.80. The first-order chi connectivity index (χ1) is 6.59. The molecule has 0 saturated carbocycles. The number of imidazole rings is 1. The van der Waals surface area contributed by atoms with Crippen LogP contribution in [0.3, 0.4) is 0 Å². The molecular weight excluding hydrogens is 180 g/mol. The van der Waals surface area contributed by atoms with Gasteiger partial charge in [-0.2, -0.15) is 0 Å². The number of hydrogen-bond donors (Lipinski definition) is 2. The van der Waals surface area contributed by atoms with Crippen molar-refractivity contribution < 1.29 is 9.90 Å². The minimum absolute atomic E-state index is 0.00231. The molecule has 1 rings (SSSR count). The van der Waals surface area contributed by atoms with Crippen LogP contribution in [0.1, 0.15) is 38.4 Å². The lowest BCUT2D eigenvalue weighted by molar-refractivity contribution is -0.137. The summed E-state index contributed by atoms with van der Waals surface area (Å²) in [5, 5.41) is 8.75. The summed E-state index contributed by atoms with van der Waals surface area (Å²) < 4.78 is 0. The number of hydrogen-bond acceptors (Lipinski definition) is 2. The molecule has 0 aromatic carbocycles. The normalized spacial score (nSPS) is 13.1. The maximum atomic E-state index is 10.6. The smallest absolute Gasteiger partial charge is 0.304 e. The van der Waals surface area contributed by atoms with Crippen LogP contribution in [0.25, 0.3) is 0 Å². The summed E-state index contributed by atoms with van der Waals surface area (Å²) >= 11 is 0. The topological polar surface area (TPSA) is 66.0 Å². The number of aliphatic carboxylic acids is 1. The number of rotatable bonds is 5. The molecule has 1 aromatic heterocycles. The highest BCUT2D eigenvalue weighted by Gasteiger charge is 2.18. The average molecular weight is 196 g/mol. The molecule has 0 spiro atoms. The number of carboxylic acids is 1. The Morgan fingerprint density at radius 2 is 2.36 bits per heavy atom. The number of aromatic amines is 1. The summed E-state index contributed by atoms with van der Waals surface area (Å²) in [6.45, 7) is 4.16. The maximum Gasteiger partial charge on any atom is 0.304 e. The van der Waals surface area contributed by atoms with E-state index in [1.54, 1.807) is 12.4 Å². The van der Waals surface area contributed by atoms with E-state index in [0.29, 0.717) is 5.92 Å². The molecule has 4 nitrogen and oxygen atoms in total. The highest BCUT2D eigenvalue weighted by molar-refractivity contribution is 5.67. The Labute approximate surface area is 83.4 Å². The van der Waals surface area contributed by atoms with E-state index in [0.717, 1.165) is 12.2 Å². The minimum Gasteiger partial charge on any atom is -0.481 e. The third-order valence-electron chi connectivity index (χ3n) is 2.08. The van der Waals surface area contributed by atoms with Gasteiger partial charge in [0.1, 0.15) is 5.82 Å². The zero-order valence-electron chi connectivity index (χ0n) is 8.53. The van der Waals surface area contributed by atoms with Crippen LogP contribution in [0.2, 0.25) is 0 Å². The fourth-order valence-electron chi connectivity index (χ4n) is 1.57. The van der Waals surface area contributed by atoms with Gasteiger partial charge in [0.25, 0.3) is 0 Å². The SMILES string of the molecule is CC(C)CC(CC(=O)O)c1ncc[nH]1. The first-order valence-corrected chi connectivity index (χ1v) is 4.80. The molecule has 0 aliphatic rings. The van der Waals surface area contributed by atoms with E-state index in [2.05, 4.69) is 23.8 Å². The van der Waals surface area contributed by atoms with Crippen LogP contribution < -0.4 is 0 Å². The van der Waals surface area contributed by atoms with Crippen molar-refractivity contribution in [1.29, 1.82) is 0 Å². The minimum atomic E-state index is -0.771. The number of carbonyl (C=O) groups is 1. The van der Waals surface area contributed by atoms with Crippen molar-refractivity contribution in [2.45, 2.75) is 32.6 Å². The second-order valence-electron chi connectivity index (χ2n) is 3.90. The summed E-state index contributed by atoms with van der Waals surface area (Å²) in [6, 6.07) is 0. The molecule has 0 bridgehead atoms. The molecule has 0 aliphatic carbocycles. The quantitative estimate of drug-likeness (QED) is 0.757. The van der Waals surface area contributed by atoms with Gasteiger partial charge >= 0.3 is 5.97 Å². The first kappa shape index (κ1) is 10.8. The zero-order chi connectivity index (χ0) is 10.6. The van der Waals surface area contributed by atoms with Crippen LogP contribution in [0.15, 0.2) is 12.4 Å². The Balaban J connectivity index is 2.67. The third-order valence-corrected chi connectivity index (χ3v) is 2.08. The summed E-state index contributed by atoms with van der Waals surface area (Å²) in [7, 11) is 0. The molecule has 78 valence electrons. The molecule has 2 N–H and O–H groups in total. The van der Waals surface area contributed by atoms with Gasteiger partial charge in [-0.05, 0) is 12.3 Å². The second kappa shape index (κ2) is 4.79. The predicted molar refractivity (Wildman–Crippen MR) is 53.0 cm³/mol. The summed E-state index contributed by atoms with van der Waals surface area (Å²) in [4.78, 5) is 17.7. The Morgan fingerprint density at radius 3 is 2.79 bits per heavy atom. The van der Waals surface area contributed by atoms with Gasteiger partial charge in [0.15, 0.2) is 0 Å². The van der Waals surface area contributed by atoms with Crippen LogP contribution in [0, 0.1) is 5.92 Å². The van der Waals surface area contributed by atoms with Gasteiger partial charge in [-0.15, -0.1) is 0 Å². The number of aromatic nitrogens is 2. The highest BCUT2D eigenvalue weighted by atomic mass is 16.4. The number of carboxylic acid groups (broad SMARTS) is 1. The average Bonchev–Trinajstić information content (AvgIpc) is 2.52. The van der Waals surface area contributed by atoms with Crippen LogP contribution >= 0.6 is 0 Å². The van der Waals surface area contributed by atoms with Crippen LogP contribution in [0.5, 0.6) is 0 Å². The van der Waals surface area contributed by atoms with Crippen LogP contribution in [0.4, 0.5) is 0 Å². The molecule has 1 atom stereocenters. The van der Waals surface area contributed by atoms with E-state index in [-0.39, 0.29) is 12.3 Å². The Morgan fingerprint density at radius 1 is 1.64 bits per heavy atom. The van der Waals surface area contributed by atoms with E-state index in [4.69, 9.17) is 5.11 Å². The number of H-pyrrole nitrogens is 1. The largest absolute Gasteiger partial charge is 0.481 e. The Kier molecular flexibility index (Phi) is 3.68. The van der Waals surface area contributed by atoms with Gasteiger partial charge in [0.05, 0.1) is 6.42 Å². The molecule has 0 fully saturated rings. The van der Waals surface area contributed by atoms with Crippen LogP contribution in [-0.4, -0.2) is 21.0 Å². The van der Waals surface area contributed by atoms with Crippen molar-refractivity contribution in [3.8, 4) is 0 Å². The summed E-state index contributed by atoms with van der Waals surface area (Å²) in [5.74, 6) is 0.486. The molecule has 1 aromatic rings. The predicted octanol–water partition coefficient (Wildman–Crippen LogP) is 2.01. The van der Waals surface area contributed by atoms with Gasteiger partial charge in [-0.3, -0.25) is 4.79 Å². The monoisotopic (exact) mass is 196 g/mol. The van der Waals surface area contributed by atoms with Crippen molar-refractivity contribution in [2.24, 2.45) is 5.92 Å². The molecule has 4 heteroatoms. The maximum absolute atomic E-state index is 10.6. The molecule has 0 radical (unpaired) electrons. The lowest BCUT2D eigenvalue weighted by atomic mass is 9.93. The molecule has 0 saturated heterocycles. The Hall–Kier alpha value is -1.32. The third kappa shape index (κ3) is 3.20. The fourth-order valence-corrected chi connectivity index (χ4v) is 1.57. The molecule has 14 heavy (non-hydrogen) atoms. The van der Waals surface area contributed by atoms with Crippen molar-refractivity contribution in [3.05, 3.63) is 18.2 Å². The van der Waals surface area contributed by atoms with E-state index in [1.807, 2.05) is 0 Å². The standard InChI is InChI=1S/C10H16N2O2/c1-7(2)5-8(6-9(13)14)10-11-3-4-12-10/h3-4,7-8H,5-6H2,1-2H3,(H,11,12)(H,13,14). The Bertz CT molecular complexity index is 280. The van der Waals surface area contributed by atoms with Crippen LogP contribution in [-0.2, 0) is 4.79 Å². The molecule has 0 aliphatic heterocycles. The zero-order valence-corrected chi connectivity index (χ0v) is 8.53. The lowest BCUT2D eigenvalue weighted by Gasteiger charge is -2.14. The summed E-state index contributed by atoms with van der Waals surface area (Å²) in [5.41, 5.74) is 0. The van der Waals surface area contributed by atoms with Gasteiger partial charge < -0.3 is 10.1 Å². The summed E-state index contributed by atoms with van der Waals surface area (Å²) in [6.07, 6.45) is 4.38.